The summed E-state index contributed by atoms with van der Waals surface area (Å²) < 4.78 is 0. The van der Waals surface area contributed by atoms with Crippen LogP contribution in [0, 0.1) is 34.5 Å². The lowest BCUT2D eigenvalue weighted by atomic mass is 9.47. The van der Waals surface area contributed by atoms with Crippen LogP contribution in [0.4, 0.5) is 0 Å². The van der Waals surface area contributed by atoms with E-state index in [0.29, 0.717) is 22.9 Å². The maximum Gasteiger partial charge on any atom is 0.207 e. The van der Waals surface area contributed by atoms with Crippen molar-refractivity contribution in [1.29, 1.82) is 0 Å². The topological polar surface area (TPSA) is 41.5 Å². The molecule has 0 saturated heterocycles. The van der Waals surface area contributed by atoms with E-state index in [1.165, 1.54) is 38.5 Å². The van der Waals surface area contributed by atoms with Crippen molar-refractivity contribution in [3.8, 4) is 0 Å². The Hall–Kier alpha value is -1.12. The Morgan fingerprint density at radius 1 is 1.16 bits per heavy atom. The van der Waals surface area contributed by atoms with Gasteiger partial charge in [-0.05, 0) is 87.4 Å². The number of hydrogen-bond donors (Lipinski definition) is 1. The van der Waals surface area contributed by atoms with Gasteiger partial charge in [0.1, 0.15) is 0 Å². The van der Waals surface area contributed by atoms with E-state index in [1.54, 1.807) is 5.57 Å². The molecule has 3 nitrogen and oxygen atoms in total. The van der Waals surface area contributed by atoms with Gasteiger partial charge in [0.15, 0.2) is 0 Å². The van der Waals surface area contributed by atoms with Gasteiger partial charge in [0.05, 0.1) is 6.04 Å². The molecule has 1 aliphatic heterocycles. The lowest BCUT2D eigenvalue weighted by Crippen LogP contribution is -2.52. The summed E-state index contributed by atoms with van der Waals surface area (Å²) in [5.74, 6) is 3.40. The summed E-state index contributed by atoms with van der Waals surface area (Å²) in [4.78, 5) is 15.7. The smallest absolute Gasteiger partial charge is 0.207 e. The van der Waals surface area contributed by atoms with Gasteiger partial charge in [-0.3, -0.25) is 9.79 Å². The number of nitrogens with zero attached hydrogens (tertiary/aromatic N) is 1. The summed E-state index contributed by atoms with van der Waals surface area (Å²) in [6, 6.07) is 0.915. The lowest BCUT2D eigenvalue weighted by Gasteiger charge is -2.57. The van der Waals surface area contributed by atoms with Gasteiger partial charge in [-0.15, -0.1) is 0 Å². The molecule has 25 heavy (non-hydrogen) atoms. The standard InChI is InChI=1S/C22H32N2O/c1-14-18-5-6-20-17-4-3-15-11-16(24-13-25)7-9-21(15,2)19(17)8-10-22(18,20)12-23-14/h3,12-14,16-20H,4-11H2,1-2H3,(H,24,25). The van der Waals surface area contributed by atoms with Crippen LogP contribution in [0.1, 0.15) is 65.2 Å². The lowest BCUT2D eigenvalue weighted by molar-refractivity contribution is -0.110. The first kappa shape index (κ1) is 16.1. The van der Waals surface area contributed by atoms with Gasteiger partial charge in [-0.1, -0.05) is 18.6 Å². The SMILES string of the molecule is CC1N=CC23CCC4C(CC=C5CC(NC=O)CCC54C)C2CCC13. The Labute approximate surface area is 151 Å². The van der Waals surface area contributed by atoms with Gasteiger partial charge < -0.3 is 5.32 Å². The molecule has 3 heteroatoms. The molecule has 136 valence electrons. The average molecular weight is 341 g/mol. The fourth-order valence-corrected chi connectivity index (χ4v) is 7.97. The number of rotatable bonds is 2. The molecule has 8 unspecified atom stereocenters. The van der Waals surface area contributed by atoms with E-state index < -0.39 is 0 Å². The minimum atomic E-state index is 0.363. The minimum Gasteiger partial charge on any atom is -0.356 e. The van der Waals surface area contributed by atoms with Crippen molar-refractivity contribution in [1.82, 2.24) is 5.32 Å². The highest BCUT2D eigenvalue weighted by molar-refractivity contribution is 5.71. The number of hydrogen-bond acceptors (Lipinski definition) is 2. The molecule has 5 rings (SSSR count). The number of allylic oxidation sites excluding steroid dienone is 1. The number of carbonyl (C=O) groups is 1. The van der Waals surface area contributed by atoms with Crippen molar-refractivity contribution in [3.63, 3.8) is 0 Å². The van der Waals surface area contributed by atoms with Crippen LogP contribution in [0.3, 0.4) is 0 Å². The highest BCUT2D eigenvalue weighted by Gasteiger charge is 2.62. The van der Waals surface area contributed by atoms with Gasteiger partial charge >= 0.3 is 0 Å². The second-order valence-corrected chi connectivity index (χ2v) is 9.84. The number of carbonyl (C=O) groups excluding carboxylic acids is 1. The molecule has 0 aromatic rings. The molecular formula is C22H32N2O. The molecule has 8 atom stereocenters. The van der Waals surface area contributed by atoms with Crippen LogP contribution in [0.15, 0.2) is 16.6 Å². The number of nitrogens with one attached hydrogen (secondary N) is 1. The molecule has 0 bridgehead atoms. The zero-order valence-corrected chi connectivity index (χ0v) is 15.7. The molecule has 1 N–H and O–H groups in total. The van der Waals surface area contributed by atoms with Crippen molar-refractivity contribution in [2.24, 2.45) is 39.5 Å². The van der Waals surface area contributed by atoms with Crippen LogP contribution in [0.2, 0.25) is 0 Å². The molecule has 3 saturated carbocycles. The predicted octanol–water partition coefficient (Wildman–Crippen LogP) is 4.13. The zero-order chi connectivity index (χ0) is 17.2. The summed E-state index contributed by atoms with van der Waals surface area (Å²) in [6.07, 6.45) is 16.2. The Morgan fingerprint density at radius 2 is 2.00 bits per heavy atom. The number of amides is 1. The van der Waals surface area contributed by atoms with Crippen LogP contribution >= 0.6 is 0 Å². The van der Waals surface area contributed by atoms with Gasteiger partial charge in [0, 0.05) is 17.7 Å². The van der Waals surface area contributed by atoms with Gasteiger partial charge in [0.25, 0.3) is 0 Å². The first-order chi connectivity index (χ1) is 12.1. The van der Waals surface area contributed by atoms with Crippen LogP contribution in [0.25, 0.3) is 0 Å². The molecule has 1 spiro atoms. The van der Waals surface area contributed by atoms with E-state index >= 15 is 0 Å². The largest absolute Gasteiger partial charge is 0.356 e. The summed E-state index contributed by atoms with van der Waals surface area (Å²) >= 11 is 0. The van der Waals surface area contributed by atoms with E-state index in [0.717, 1.165) is 42.9 Å². The average Bonchev–Trinajstić information content (AvgIpc) is 3.13. The molecule has 0 aromatic carbocycles. The highest BCUT2D eigenvalue weighted by Crippen LogP contribution is 2.67. The van der Waals surface area contributed by atoms with Gasteiger partial charge in [-0.2, -0.15) is 0 Å². The quantitative estimate of drug-likeness (QED) is 0.596. The third kappa shape index (κ3) is 2.04. The number of aliphatic imine (C=N–C) groups is 1. The van der Waals surface area contributed by atoms with Gasteiger partial charge in [0.2, 0.25) is 6.41 Å². The Balaban J connectivity index is 1.45. The van der Waals surface area contributed by atoms with Crippen molar-refractivity contribution in [2.45, 2.75) is 77.3 Å². The molecule has 5 aliphatic rings. The van der Waals surface area contributed by atoms with Crippen molar-refractivity contribution >= 4 is 12.6 Å². The molecular weight excluding hydrogens is 308 g/mol. The van der Waals surface area contributed by atoms with Crippen molar-refractivity contribution in [3.05, 3.63) is 11.6 Å². The molecule has 1 amide bonds. The second-order valence-electron chi connectivity index (χ2n) is 9.84. The van der Waals surface area contributed by atoms with E-state index in [-0.39, 0.29) is 0 Å². The fourth-order valence-electron chi connectivity index (χ4n) is 7.97. The molecule has 0 aromatic heterocycles. The van der Waals surface area contributed by atoms with Crippen molar-refractivity contribution < 1.29 is 4.79 Å². The monoisotopic (exact) mass is 340 g/mol. The van der Waals surface area contributed by atoms with E-state index in [4.69, 9.17) is 4.99 Å². The van der Waals surface area contributed by atoms with Crippen molar-refractivity contribution in [2.75, 3.05) is 0 Å². The van der Waals surface area contributed by atoms with Crippen LogP contribution in [-0.4, -0.2) is 24.7 Å². The Kier molecular flexibility index (Phi) is 3.50. The maximum atomic E-state index is 10.9. The minimum absolute atomic E-state index is 0.363. The summed E-state index contributed by atoms with van der Waals surface area (Å²) in [6.45, 7) is 4.88. The zero-order valence-electron chi connectivity index (χ0n) is 15.7. The fraction of sp³-hybridized carbons (Fsp3) is 0.818. The van der Waals surface area contributed by atoms with Gasteiger partial charge in [-0.25, -0.2) is 0 Å². The van der Waals surface area contributed by atoms with Crippen LogP contribution in [-0.2, 0) is 4.79 Å². The third-order valence-electron chi connectivity index (χ3n) is 9.19. The Bertz CT molecular complexity index is 640. The summed E-state index contributed by atoms with van der Waals surface area (Å²) in [5.41, 5.74) is 2.47. The number of fused-ring (bicyclic) bond motifs is 4. The normalized spacial score (nSPS) is 53.3. The summed E-state index contributed by atoms with van der Waals surface area (Å²) in [7, 11) is 0. The third-order valence-corrected chi connectivity index (χ3v) is 9.19. The summed E-state index contributed by atoms with van der Waals surface area (Å²) in [5, 5.41) is 3.04. The van der Waals surface area contributed by atoms with Crippen LogP contribution in [0.5, 0.6) is 0 Å². The molecule has 0 radical (unpaired) electrons. The molecule has 4 aliphatic carbocycles. The predicted molar refractivity (Wildman–Crippen MR) is 100 cm³/mol. The van der Waals surface area contributed by atoms with E-state index in [1.807, 2.05) is 0 Å². The Morgan fingerprint density at radius 3 is 2.84 bits per heavy atom. The van der Waals surface area contributed by atoms with E-state index in [2.05, 4.69) is 31.5 Å². The first-order valence-electron chi connectivity index (χ1n) is 10.5. The van der Waals surface area contributed by atoms with Crippen LogP contribution < -0.4 is 5.32 Å². The molecule has 1 heterocycles. The maximum absolute atomic E-state index is 10.9. The highest BCUT2D eigenvalue weighted by atomic mass is 16.1. The first-order valence-corrected chi connectivity index (χ1v) is 10.5. The molecule has 3 fully saturated rings. The second kappa shape index (κ2) is 5.44. The van der Waals surface area contributed by atoms with E-state index in [9.17, 15) is 4.79 Å².